The third-order valence-corrected chi connectivity index (χ3v) is 3.38. The number of hydrogen-bond donors (Lipinski definition) is 2. The van der Waals surface area contributed by atoms with Gasteiger partial charge in [-0.05, 0) is 39.0 Å². The molecule has 0 bridgehead atoms. The van der Waals surface area contributed by atoms with E-state index < -0.39 is 12.2 Å². The third kappa shape index (κ3) is 3.33. The lowest BCUT2D eigenvalue weighted by Crippen LogP contribution is -2.50. The van der Waals surface area contributed by atoms with Crippen molar-refractivity contribution in [2.75, 3.05) is 5.43 Å². The van der Waals surface area contributed by atoms with Crippen LogP contribution in [0, 0.1) is 13.8 Å². The van der Waals surface area contributed by atoms with Gasteiger partial charge in [-0.25, -0.2) is 9.97 Å². The fourth-order valence-electron chi connectivity index (χ4n) is 2.38. The van der Waals surface area contributed by atoms with Gasteiger partial charge in [0.2, 0.25) is 12.1 Å². The zero-order valence-corrected chi connectivity index (χ0v) is 13.2. The standard InChI is InChI=1S/C16H18N4O3/c1-9-8-10(2)18-16(17-9)20-19-15(21)14-11(3)22-12-6-4-5-7-13(12)23-14/h4-8,11,14H,1-3H3,(H,19,21)(H,17,18,20)/t11-,14+/m0/s1. The number of para-hydroxylation sites is 2. The number of hydrogen-bond acceptors (Lipinski definition) is 6. The monoisotopic (exact) mass is 314 g/mol. The van der Waals surface area contributed by atoms with E-state index in [1.807, 2.05) is 38.1 Å². The topological polar surface area (TPSA) is 85.4 Å². The van der Waals surface area contributed by atoms with Crippen LogP contribution in [0.2, 0.25) is 0 Å². The Balaban J connectivity index is 1.66. The molecular weight excluding hydrogens is 296 g/mol. The number of carbonyl (C=O) groups is 1. The van der Waals surface area contributed by atoms with Crippen molar-refractivity contribution in [3.8, 4) is 11.5 Å². The number of rotatable bonds is 3. The van der Waals surface area contributed by atoms with Crippen molar-refractivity contribution in [1.29, 1.82) is 0 Å². The molecule has 2 heterocycles. The maximum Gasteiger partial charge on any atom is 0.283 e. The van der Waals surface area contributed by atoms with E-state index in [-0.39, 0.29) is 5.91 Å². The Morgan fingerprint density at radius 1 is 1.09 bits per heavy atom. The van der Waals surface area contributed by atoms with E-state index in [0.717, 1.165) is 11.4 Å². The highest BCUT2D eigenvalue weighted by molar-refractivity contribution is 5.83. The molecule has 0 unspecified atom stereocenters. The summed E-state index contributed by atoms with van der Waals surface area (Å²) >= 11 is 0. The number of benzene rings is 1. The zero-order chi connectivity index (χ0) is 16.4. The summed E-state index contributed by atoms with van der Waals surface area (Å²) in [6.07, 6.45) is -1.17. The first kappa shape index (κ1) is 15.1. The van der Waals surface area contributed by atoms with Crippen molar-refractivity contribution in [2.24, 2.45) is 0 Å². The van der Waals surface area contributed by atoms with Crippen LogP contribution in [-0.2, 0) is 4.79 Å². The zero-order valence-electron chi connectivity index (χ0n) is 13.2. The second-order valence-electron chi connectivity index (χ2n) is 5.40. The summed E-state index contributed by atoms with van der Waals surface area (Å²) in [7, 11) is 0. The molecule has 1 aliphatic heterocycles. The number of amides is 1. The number of carbonyl (C=O) groups excluding carboxylic acids is 1. The number of hydrazine groups is 1. The van der Waals surface area contributed by atoms with Gasteiger partial charge >= 0.3 is 0 Å². The number of nitrogens with one attached hydrogen (secondary N) is 2. The second-order valence-corrected chi connectivity index (χ2v) is 5.40. The minimum absolute atomic E-state index is 0.334. The summed E-state index contributed by atoms with van der Waals surface area (Å²) in [5.74, 6) is 1.17. The van der Waals surface area contributed by atoms with E-state index in [1.165, 1.54) is 0 Å². The summed E-state index contributed by atoms with van der Waals surface area (Å²) in [4.78, 5) is 20.7. The van der Waals surface area contributed by atoms with E-state index in [1.54, 1.807) is 13.0 Å². The van der Waals surface area contributed by atoms with Crippen molar-refractivity contribution in [2.45, 2.75) is 33.0 Å². The van der Waals surface area contributed by atoms with Gasteiger partial charge in [0.1, 0.15) is 6.10 Å². The van der Waals surface area contributed by atoms with Crippen molar-refractivity contribution in [1.82, 2.24) is 15.4 Å². The molecule has 0 spiro atoms. The Morgan fingerprint density at radius 2 is 1.70 bits per heavy atom. The lowest BCUT2D eigenvalue weighted by atomic mass is 10.1. The minimum Gasteiger partial charge on any atom is -0.482 e. The molecule has 0 radical (unpaired) electrons. The second kappa shape index (κ2) is 6.12. The predicted octanol–water partition coefficient (Wildman–Crippen LogP) is 1.77. The normalized spacial score (nSPS) is 19.1. The minimum atomic E-state index is -0.761. The van der Waals surface area contributed by atoms with Crippen molar-refractivity contribution < 1.29 is 14.3 Å². The van der Waals surface area contributed by atoms with Crippen LogP contribution in [0.25, 0.3) is 0 Å². The van der Waals surface area contributed by atoms with Gasteiger partial charge in [0.25, 0.3) is 5.91 Å². The Morgan fingerprint density at radius 3 is 2.35 bits per heavy atom. The maximum absolute atomic E-state index is 12.3. The molecule has 2 atom stereocenters. The van der Waals surface area contributed by atoms with E-state index in [2.05, 4.69) is 20.8 Å². The van der Waals surface area contributed by atoms with Crippen LogP contribution in [0.1, 0.15) is 18.3 Å². The van der Waals surface area contributed by atoms with Gasteiger partial charge in [0.05, 0.1) is 0 Å². The fraction of sp³-hybridized carbons (Fsp3) is 0.312. The van der Waals surface area contributed by atoms with Crippen LogP contribution >= 0.6 is 0 Å². The number of nitrogens with zero attached hydrogens (tertiary/aromatic N) is 2. The highest BCUT2D eigenvalue weighted by Gasteiger charge is 2.34. The largest absolute Gasteiger partial charge is 0.482 e. The first-order valence-corrected chi connectivity index (χ1v) is 7.33. The van der Waals surface area contributed by atoms with E-state index in [0.29, 0.717) is 17.4 Å². The average molecular weight is 314 g/mol. The van der Waals surface area contributed by atoms with Crippen LogP contribution in [0.5, 0.6) is 11.5 Å². The molecule has 120 valence electrons. The lowest BCUT2D eigenvalue weighted by Gasteiger charge is -2.30. The number of ether oxygens (including phenoxy) is 2. The molecular formula is C16H18N4O3. The molecule has 0 aliphatic carbocycles. The van der Waals surface area contributed by atoms with Gasteiger partial charge in [-0.15, -0.1) is 0 Å². The average Bonchev–Trinajstić information content (AvgIpc) is 2.51. The smallest absolute Gasteiger partial charge is 0.283 e. The van der Waals surface area contributed by atoms with Gasteiger partial charge in [-0.3, -0.25) is 15.6 Å². The SMILES string of the molecule is Cc1cc(C)nc(NNC(=O)[C@@H]2Oc3ccccc3O[C@H]2C)n1. The predicted molar refractivity (Wildman–Crippen MR) is 84.2 cm³/mol. The Bertz CT molecular complexity index is 715. The van der Waals surface area contributed by atoms with Crippen LogP contribution in [0.3, 0.4) is 0 Å². The van der Waals surface area contributed by atoms with Crippen molar-refractivity contribution in [3.05, 3.63) is 41.7 Å². The van der Waals surface area contributed by atoms with Crippen molar-refractivity contribution >= 4 is 11.9 Å². The van der Waals surface area contributed by atoms with Crippen LogP contribution in [0.15, 0.2) is 30.3 Å². The molecule has 3 rings (SSSR count). The van der Waals surface area contributed by atoms with E-state index >= 15 is 0 Å². The van der Waals surface area contributed by atoms with Crippen LogP contribution in [0.4, 0.5) is 5.95 Å². The molecule has 1 aromatic carbocycles. The van der Waals surface area contributed by atoms with E-state index in [4.69, 9.17) is 9.47 Å². The molecule has 7 heteroatoms. The molecule has 1 aliphatic rings. The van der Waals surface area contributed by atoms with Gasteiger partial charge in [0, 0.05) is 11.4 Å². The lowest BCUT2D eigenvalue weighted by molar-refractivity contribution is -0.132. The summed E-state index contributed by atoms with van der Waals surface area (Å²) < 4.78 is 11.4. The highest BCUT2D eigenvalue weighted by Crippen LogP contribution is 2.33. The molecule has 1 aromatic heterocycles. The highest BCUT2D eigenvalue weighted by atomic mass is 16.6. The molecule has 1 amide bonds. The van der Waals surface area contributed by atoms with Gasteiger partial charge in [0.15, 0.2) is 11.5 Å². The molecule has 0 saturated carbocycles. The fourth-order valence-corrected chi connectivity index (χ4v) is 2.38. The molecule has 7 nitrogen and oxygen atoms in total. The first-order chi connectivity index (χ1) is 11.0. The maximum atomic E-state index is 12.3. The number of aromatic nitrogens is 2. The summed E-state index contributed by atoms with van der Waals surface area (Å²) in [6.45, 7) is 5.51. The molecule has 2 aromatic rings. The Labute approximate surface area is 134 Å². The molecule has 0 fully saturated rings. The quantitative estimate of drug-likeness (QED) is 0.840. The van der Waals surface area contributed by atoms with Crippen LogP contribution < -0.4 is 20.3 Å². The number of fused-ring (bicyclic) bond motifs is 1. The Kier molecular flexibility index (Phi) is 4.01. The first-order valence-electron chi connectivity index (χ1n) is 7.33. The van der Waals surface area contributed by atoms with Gasteiger partial charge in [-0.2, -0.15) is 0 Å². The molecule has 0 saturated heterocycles. The Hall–Kier alpha value is -2.83. The molecule has 23 heavy (non-hydrogen) atoms. The summed E-state index contributed by atoms with van der Waals surface area (Å²) in [6, 6.07) is 9.11. The number of aryl methyl sites for hydroxylation is 2. The summed E-state index contributed by atoms with van der Waals surface area (Å²) in [5.41, 5.74) is 6.90. The van der Waals surface area contributed by atoms with E-state index in [9.17, 15) is 4.79 Å². The number of anilines is 1. The molecule has 2 N–H and O–H groups in total. The van der Waals surface area contributed by atoms with Gasteiger partial charge in [-0.1, -0.05) is 12.1 Å². The van der Waals surface area contributed by atoms with Gasteiger partial charge < -0.3 is 9.47 Å². The summed E-state index contributed by atoms with van der Waals surface area (Å²) in [5, 5.41) is 0. The third-order valence-electron chi connectivity index (χ3n) is 3.38. The van der Waals surface area contributed by atoms with Crippen molar-refractivity contribution in [3.63, 3.8) is 0 Å². The van der Waals surface area contributed by atoms with Crippen LogP contribution in [-0.4, -0.2) is 28.1 Å².